The van der Waals surface area contributed by atoms with Crippen molar-refractivity contribution in [2.45, 2.75) is 44.3 Å². The van der Waals surface area contributed by atoms with E-state index in [4.69, 9.17) is 4.74 Å². The molecule has 3 fully saturated rings. The number of hydrogen-bond donors (Lipinski definition) is 1. The van der Waals surface area contributed by atoms with E-state index < -0.39 is 0 Å². The van der Waals surface area contributed by atoms with Crippen molar-refractivity contribution in [3.63, 3.8) is 0 Å². The van der Waals surface area contributed by atoms with Gasteiger partial charge < -0.3 is 14.6 Å². The van der Waals surface area contributed by atoms with Crippen molar-refractivity contribution < 1.29 is 9.53 Å². The van der Waals surface area contributed by atoms with Gasteiger partial charge in [-0.15, -0.1) is 0 Å². The van der Waals surface area contributed by atoms with Crippen LogP contribution in [-0.2, 0) is 22.6 Å². The van der Waals surface area contributed by atoms with Gasteiger partial charge in [0.15, 0.2) is 0 Å². The summed E-state index contributed by atoms with van der Waals surface area (Å²) in [7, 11) is 0. The Bertz CT molecular complexity index is 801. The molecule has 1 amide bonds. The van der Waals surface area contributed by atoms with Crippen molar-refractivity contribution in [3.05, 3.63) is 33.7 Å². The summed E-state index contributed by atoms with van der Waals surface area (Å²) >= 11 is 0. The van der Waals surface area contributed by atoms with Gasteiger partial charge in [-0.2, -0.15) is 0 Å². The zero-order valence-electron chi connectivity index (χ0n) is 16.4. The number of carbonyl (C=O) groups is 1. The average molecular weight is 386 g/mol. The van der Waals surface area contributed by atoms with Crippen molar-refractivity contribution in [2.75, 3.05) is 45.9 Å². The molecular weight excluding hydrogens is 356 g/mol. The number of fused-ring (bicyclic) bond motifs is 4. The van der Waals surface area contributed by atoms with Crippen LogP contribution in [0.2, 0.25) is 0 Å². The Labute approximate surface area is 165 Å². The summed E-state index contributed by atoms with van der Waals surface area (Å²) < 4.78 is 7.58. The van der Waals surface area contributed by atoms with Gasteiger partial charge in [0.05, 0.1) is 6.54 Å². The minimum Gasteiger partial charge on any atom is -0.381 e. The van der Waals surface area contributed by atoms with Crippen molar-refractivity contribution >= 4 is 5.91 Å². The highest BCUT2D eigenvalue weighted by Gasteiger charge is 2.37. The maximum Gasteiger partial charge on any atom is 0.255 e. The van der Waals surface area contributed by atoms with E-state index in [1.165, 1.54) is 12.1 Å². The minimum absolute atomic E-state index is 0.0482. The second kappa shape index (κ2) is 7.61. The zero-order chi connectivity index (χ0) is 19.1. The number of ether oxygens (including phenoxy) is 1. The summed E-state index contributed by atoms with van der Waals surface area (Å²) in [6, 6.07) is 4.82. The molecule has 2 bridgehead atoms. The molecule has 7 nitrogen and oxygen atoms in total. The molecule has 0 spiro atoms. The lowest BCUT2D eigenvalue weighted by Crippen LogP contribution is -2.52. The molecule has 0 radical (unpaired) electrons. The Morgan fingerprint density at radius 3 is 2.79 bits per heavy atom. The van der Waals surface area contributed by atoms with Crippen LogP contribution in [0, 0.1) is 5.92 Å². The molecule has 0 saturated carbocycles. The summed E-state index contributed by atoms with van der Waals surface area (Å²) in [5.74, 6) is 1.06. The number of rotatable bonds is 3. The number of aromatic nitrogens is 1. The third-order valence-electron chi connectivity index (χ3n) is 6.93. The third-order valence-corrected chi connectivity index (χ3v) is 6.93. The first-order chi connectivity index (χ1) is 13.7. The fourth-order valence-corrected chi connectivity index (χ4v) is 5.56. The highest BCUT2D eigenvalue weighted by molar-refractivity contribution is 5.78. The lowest BCUT2D eigenvalue weighted by atomic mass is 9.82. The van der Waals surface area contributed by atoms with E-state index in [0.29, 0.717) is 37.5 Å². The normalized spacial score (nSPS) is 29.4. The summed E-state index contributed by atoms with van der Waals surface area (Å²) in [4.78, 5) is 29.5. The van der Waals surface area contributed by atoms with E-state index in [9.17, 15) is 9.59 Å². The first-order valence-corrected chi connectivity index (χ1v) is 10.7. The SMILES string of the molecule is O=C1CN(Cc2ccc3n(c2=O)C[C@H]2C[C@@H]3CN(C3CCOCC3)C2)CCN1. The Balaban J connectivity index is 1.35. The highest BCUT2D eigenvalue weighted by atomic mass is 16.5. The Hall–Kier alpha value is -1.70. The van der Waals surface area contributed by atoms with E-state index in [1.807, 2.05) is 10.6 Å². The summed E-state index contributed by atoms with van der Waals surface area (Å²) in [6.07, 6.45) is 3.47. The van der Waals surface area contributed by atoms with Crippen LogP contribution in [-0.4, -0.2) is 72.3 Å². The van der Waals surface area contributed by atoms with Crippen molar-refractivity contribution in [1.29, 1.82) is 0 Å². The van der Waals surface area contributed by atoms with Gasteiger partial charge >= 0.3 is 0 Å². The Morgan fingerprint density at radius 1 is 1.11 bits per heavy atom. The number of hydrogen-bond acceptors (Lipinski definition) is 5. The molecule has 4 aliphatic rings. The van der Waals surface area contributed by atoms with Crippen molar-refractivity contribution in [1.82, 2.24) is 19.7 Å². The topological polar surface area (TPSA) is 66.8 Å². The Kier molecular flexibility index (Phi) is 4.99. The van der Waals surface area contributed by atoms with Crippen LogP contribution >= 0.6 is 0 Å². The first kappa shape index (κ1) is 18.3. The molecule has 5 heterocycles. The van der Waals surface area contributed by atoms with Gasteiger partial charge in [0, 0.05) is 75.7 Å². The van der Waals surface area contributed by atoms with Crippen LogP contribution in [0.5, 0.6) is 0 Å². The van der Waals surface area contributed by atoms with Crippen LogP contribution in [0.4, 0.5) is 0 Å². The second-order valence-electron chi connectivity index (χ2n) is 8.86. The number of likely N-dealkylation sites (tertiary alicyclic amines) is 1. The maximum absolute atomic E-state index is 13.2. The molecule has 152 valence electrons. The van der Waals surface area contributed by atoms with Gasteiger partial charge in [-0.3, -0.25) is 19.4 Å². The number of piperidine rings is 1. The van der Waals surface area contributed by atoms with E-state index in [1.54, 1.807) is 0 Å². The van der Waals surface area contributed by atoms with Crippen LogP contribution in [0.15, 0.2) is 16.9 Å². The Morgan fingerprint density at radius 2 is 1.96 bits per heavy atom. The summed E-state index contributed by atoms with van der Waals surface area (Å²) in [5.41, 5.74) is 2.18. The zero-order valence-corrected chi connectivity index (χ0v) is 16.4. The van der Waals surface area contributed by atoms with Crippen LogP contribution < -0.4 is 10.9 Å². The van der Waals surface area contributed by atoms with Gasteiger partial charge in [0.1, 0.15) is 0 Å². The molecule has 1 aromatic rings. The van der Waals surface area contributed by atoms with E-state index in [2.05, 4.69) is 21.2 Å². The lowest BCUT2D eigenvalue weighted by molar-refractivity contribution is -0.124. The molecule has 5 rings (SSSR count). The highest BCUT2D eigenvalue weighted by Crippen LogP contribution is 2.37. The molecule has 4 aliphatic heterocycles. The fourth-order valence-electron chi connectivity index (χ4n) is 5.56. The predicted octanol–water partition coefficient (Wildman–Crippen LogP) is 0.378. The van der Waals surface area contributed by atoms with Gasteiger partial charge in [0.25, 0.3) is 5.56 Å². The van der Waals surface area contributed by atoms with Crippen LogP contribution in [0.25, 0.3) is 0 Å². The quantitative estimate of drug-likeness (QED) is 0.814. The number of carbonyl (C=O) groups excluding carboxylic acids is 1. The molecule has 7 heteroatoms. The predicted molar refractivity (Wildman–Crippen MR) is 105 cm³/mol. The first-order valence-electron chi connectivity index (χ1n) is 10.7. The van der Waals surface area contributed by atoms with Crippen molar-refractivity contribution in [3.8, 4) is 0 Å². The molecule has 0 aliphatic carbocycles. The molecule has 1 aromatic heterocycles. The molecule has 1 N–H and O–H groups in total. The van der Waals surface area contributed by atoms with Gasteiger partial charge in [-0.25, -0.2) is 0 Å². The molecule has 0 unspecified atom stereocenters. The molecule has 3 saturated heterocycles. The van der Waals surface area contributed by atoms with Crippen molar-refractivity contribution in [2.24, 2.45) is 5.92 Å². The molecule has 28 heavy (non-hydrogen) atoms. The standard InChI is InChI=1S/C21H30N4O3/c26-20-14-23(6-5-22-20)12-16-1-2-19-17-9-15(11-25(19)21(16)27)10-24(13-17)18-3-7-28-8-4-18/h1-2,15,17-18H,3-14H2,(H,22,26)/t15-,17+/m0/s1. The third kappa shape index (κ3) is 3.51. The van der Waals surface area contributed by atoms with Gasteiger partial charge in [0.2, 0.25) is 5.91 Å². The number of nitrogens with one attached hydrogen (secondary N) is 1. The monoisotopic (exact) mass is 386 g/mol. The smallest absolute Gasteiger partial charge is 0.255 e. The van der Waals surface area contributed by atoms with Gasteiger partial charge in [-0.1, -0.05) is 6.07 Å². The summed E-state index contributed by atoms with van der Waals surface area (Å²) in [5, 5.41) is 2.84. The van der Waals surface area contributed by atoms with E-state index in [0.717, 1.165) is 57.8 Å². The second-order valence-corrected chi connectivity index (χ2v) is 8.86. The van der Waals surface area contributed by atoms with Crippen LogP contribution in [0.1, 0.15) is 36.4 Å². The lowest BCUT2D eigenvalue weighted by Gasteiger charge is -2.46. The number of piperazine rings is 1. The molecular formula is C21H30N4O3. The number of pyridine rings is 1. The number of nitrogens with zero attached hydrogens (tertiary/aromatic N) is 3. The summed E-state index contributed by atoms with van der Waals surface area (Å²) in [6.45, 7) is 7.17. The van der Waals surface area contributed by atoms with E-state index >= 15 is 0 Å². The maximum atomic E-state index is 13.2. The average Bonchev–Trinajstić information content (AvgIpc) is 2.71. The molecule has 0 aromatic carbocycles. The van der Waals surface area contributed by atoms with E-state index in [-0.39, 0.29) is 11.5 Å². The minimum atomic E-state index is 0.0482. The largest absolute Gasteiger partial charge is 0.381 e. The van der Waals surface area contributed by atoms with Crippen LogP contribution in [0.3, 0.4) is 0 Å². The fraction of sp³-hybridized carbons (Fsp3) is 0.714. The number of amides is 1. The molecule has 2 atom stereocenters. The van der Waals surface area contributed by atoms with Gasteiger partial charge in [-0.05, 0) is 31.2 Å².